The van der Waals surface area contributed by atoms with Crippen molar-refractivity contribution in [3.8, 4) is 22.8 Å². The number of likely N-dealkylation sites (tertiary alicyclic amines) is 1. The number of fused-ring (bicyclic) bond motifs is 2. The number of aromatic nitrogens is 4. The number of carbonyl (C=O) groups is 3. The van der Waals surface area contributed by atoms with Gasteiger partial charge in [0.1, 0.15) is 17.2 Å². The van der Waals surface area contributed by atoms with Crippen LogP contribution in [0.15, 0.2) is 60.7 Å². The Balaban J connectivity index is 0.915. The summed E-state index contributed by atoms with van der Waals surface area (Å²) < 4.78 is 5.48. The second kappa shape index (κ2) is 15.8. The van der Waals surface area contributed by atoms with Crippen molar-refractivity contribution in [2.75, 3.05) is 65.4 Å². The molecule has 5 aromatic rings. The summed E-state index contributed by atoms with van der Waals surface area (Å²) >= 11 is 0. The molecule has 7 rings (SSSR count). The Kier molecular flexibility index (Phi) is 10.7. The van der Waals surface area contributed by atoms with Crippen LogP contribution in [0.5, 0.6) is 0 Å². The third kappa shape index (κ3) is 9.03. The number of benzene rings is 3. The number of hydrogen-bond acceptors (Lipinski definition) is 8. The molecule has 13 nitrogen and oxygen atoms in total. The van der Waals surface area contributed by atoms with E-state index in [0.717, 1.165) is 71.7 Å². The number of H-pyrrole nitrogens is 2. The van der Waals surface area contributed by atoms with Gasteiger partial charge in [0.2, 0.25) is 0 Å². The molecule has 13 heteroatoms. The molecule has 0 aliphatic carbocycles. The van der Waals surface area contributed by atoms with Crippen molar-refractivity contribution in [1.82, 2.24) is 45.3 Å². The quantitative estimate of drug-likeness (QED) is 0.152. The molecule has 0 saturated carbocycles. The van der Waals surface area contributed by atoms with Crippen LogP contribution in [0.1, 0.15) is 60.7 Å². The average Bonchev–Trinajstić information content (AvgIpc) is 3.79. The monoisotopic (exact) mass is 719 g/mol. The molecule has 0 unspecified atom stereocenters. The first kappa shape index (κ1) is 36.1. The first-order chi connectivity index (χ1) is 25.6. The first-order valence-corrected chi connectivity index (χ1v) is 18.7. The third-order valence-corrected chi connectivity index (χ3v) is 9.82. The topological polar surface area (TPSA) is 152 Å². The first-order valence-electron chi connectivity index (χ1n) is 18.7. The molecule has 278 valence electrons. The Bertz CT molecular complexity index is 2070. The van der Waals surface area contributed by atoms with Gasteiger partial charge in [0.15, 0.2) is 0 Å². The fourth-order valence-electron chi connectivity index (χ4n) is 6.88. The highest BCUT2D eigenvalue weighted by molar-refractivity contribution is 5.98. The lowest BCUT2D eigenvalue weighted by atomic mass is 10.1. The number of ether oxygens (including phenoxy) is 1. The van der Waals surface area contributed by atoms with E-state index in [2.05, 4.69) is 30.4 Å². The fourth-order valence-corrected chi connectivity index (χ4v) is 6.88. The number of piperazine rings is 1. The maximum Gasteiger partial charge on any atom is 0.410 e. The zero-order chi connectivity index (χ0) is 37.0. The molecule has 4 N–H and O–H groups in total. The van der Waals surface area contributed by atoms with Crippen molar-refractivity contribution in [3.63, 3.8) is 0 Å². The van der Waals surface area contributed by atoms with Gasteiger partial charge in [-0.2, -0.15) is 0 Å². The van der Waals surface area contributed by atoms with Crippen molar-refractivity contribution < 1.29 is 19.1 Å². The van der Waals surface area contributed by atoms with E-state index in [0.29, 0.717) is 49.7 Å². The van der Waals surface area contributed by atoms with E-state index in [4.69, 9.17) is 14.7 Å². The van der Waals surface area contributed by atoms with Crippen molar-refractivity contribution in [2.45, 2.75) is 45.6 Å². The number of imidazole rings is 2. The van der Waals surface area contributed by atoms with Gasteiger partial charge in [-0.3, -0.25) is 14.5 Å². The molecule has 0 spiro atoms. The normalized spacial score (nSPS) is 15.9. The Morgan fingerprint density at radius 3 is 1.60 bits per heavy atom. The molecule has 3 amide bonds. The highest BCUT2D eigenvalue weighted by Crippen LogP contribution is 2.26. The number of amides is 3. The second-order valence-electron chi connectivity index (χ2n) is 14.9. The van der Waals surface area contributed by atoms with E-state index in [9.17, 15) is 14.4 Å². The molecule has 0 radical (unpaired) electrons. The number of carbonyl (C=O) groups excluding carboxylic acids is 3. The van der Waals surface area contributed by atoms with Gasteiger partial charge in [-0.25, -0.2) is 14.8 Å². The number of piperidine rings is 1. The third-order valence-electron chi connectivity index (χ3n) is 9.82. The predicted molar refractivity (Wildman–Crippen MR) is 206 cm³/mol. The largest absolute Gasteiger partial charge is 0.444 e. The molecular formula is C40H49N9O4. The Morgan fingerprint density at radius 2 is 1.13 bits per heavy atom. The summed E-state index contributed by atoms with van der Waals surface area (Å²) in [7, 11) is 0. The van der Waals surface area contributed by atoms with Gasteiger partial charge in [0.25, 0.3) is 11.8 Å². The minimum absolute atomic E-state index is 0.0772. The molecule has 4 heterocycles. The highest BCUT2D eigenvalue weighted by atomic mass is 16.6. The smallest absolute Gasteiger partial charge is 0.410 e. The number of aromatic amines is 2. The zero-order valence-electron chi connectivity index (χ0n) is 30.8. The number of nitrogens with zero attached hydrogens (tertiary/aromatic N) is 5. The molecule has 2 aliphatic rings. The van der Waals surface area contributed by atoms with Gasteiger partial charge >= 0.3 is 6.09 Å². The van der Waals surface area contributed by atoms with Crippen molar-refractivity contribution in [1.29, 1.82) is 0 Å². The zero-order valence-corrected chi connectivity index (χ0v) is 30.8. The van der Waals surface area contributed by atoms with Crippen LogP contribution in [0.25, 0.3) is 44.8 Å². The predicted octanol–water partition coefficient (Wildman–Crippen LogP) is 5.27. The van der Waals surface area contributed by atoms with Crippen LogP contribution in [-0.4, -0.2) is 124 Å². The average molecular weight is 720 g/mol. The molecular weight excluding hydrogens is 670 g/mol. The molecule has 2 aromatic heterocycles. The molecule has 2 aliphatic heterocycles. The minimum atomic E-state index is -0.511. The summed E-state index contributed by atoms with van der Waals surface area (Å²) in [6.45, 7) is 13.2. The summed E-state index contributed by atoms with van der Waals surface area (Å²) in [6.07, 6.45) is 3.49. The minimum Gasteiger partial charge on any atom is -0.444 e. The van der Waals surface area contributed by atoms with Crippen molar-refractivity contribution >= 4 is 40.0 Å². The summed E-state index contributed by atoms with van der Waals surface area (Å²) in [5.41, 5.74) is 5.63. The van der Waals surface area contributed by atoms with E-state index in [1.165, 1.54) is 19.3 Å². The van der Waals surface area contributed by atoms with Crippen LogP contribution in [0, 0.1) is 0 Å². The van der Waals surface area contributed by atoms with Crippen LogP contribution in [-0.2, 0) is 4.74 Å². The molecule has 2 fully saturated rings. The molecule has 2 saturated heterocycles. The van der Waals surface area contributed by atoms with Crippen molar-refractivity contribution in [2.24, 2.45) is 0 Å². The van der Waals surface area contributed by atoms with Crippen LogP contribution in [0.2, 0.25) is 0 Å². The van der Waals surface area contributed by atoms with Gasteiger partial charge in [0.05, 0.1) is 22.1 Å². The van der Waals surface area contributed by atoms with Gasteiger partial charge in [0, 0.05) is 74.6 Å². The number of nitrogens with one attached hydrogen (secondary N) is 4. The molecule has 0 bridgehead atoms. The lowest BCUT2D eigenvalue weighted by molar-refractivity contribution is 0.0147. The van der Waals surface area contributed by atoms with E-state index in [1.807, 2.05) is 75.4 Å². The maximum absolute atomic E-state index is 13.0. The number of hydrogen-bond donors (Lipinski definition) is 4. The van der Waals surface area contributed by atoms with Gasteiger partial charge in [-0.1, -0.05) is 30.7 Å². The molecule has 53 heavy (non-hydrogen) atoms. The Labute approximate surface area is 309 Å². The lowest BCUT2D eigenvalue weighted by Crippen LogP contribution is -2.51. The molecule has 0 atom stereocenters. The SMILES string of the molecule is CC(C)(C)OC(=O)N1CCN(CCNC(=O)c2ccc3nc(-c4ccc(-c5nc6ccc(C(=O)NCCN7CCCCC7)cc6[nH]5)cc4)[nH]c3c2)CC1. The number of rotatable bonds is 10. The van der Waals surface area contributed by atoms with E-state index >= 15 is 0 Å². The van der Waals surface area contributed by atoms with Crippen molar-refractivity contribution in [3.05, 3.63) is 71.8 Å². The standard InChI is InChI=1S/C40H49N9O4/c1-40(2,3)53-39(52)49-23-21-48(22-24-49)20-16-42-38(51)30-12-14-32-34(26-30)46-36(44-32)28-9-7-27(8-10-28)35-43-31-13-11-29(25-33(31)45-35)37(50)41-15-19-47-17-5-4-6-18-47/h7-14,25-26H,4-6,15-24H2,1-3H3,(H,41,50)(H,42,51)(H,43,45)(H,44,46). The second-order valence-corrected chi connectivity index (χ2v) is 14.9. The van der Waals surface area contributed by atoms with Crippen LogP contribution >= 0.6 is 0 Å². The lowest BCUT2D eigenvalue weighted by Gasteiger charge is -2.35. The summed E-state index contributed by atoms with van der Waals surface area (Å²) in [5, 5.41) is 6.08. The van der Waals surface area contributed by atoms with Crippen LogP contribution in [0.3, 0.4) is 0 Å². The van der Waals surface area contributed by atoms with Gasteiger partial charge in [-0.15, -0.1) is 0 Å². The summed E-state index contributed by atoms with van der Waals surface area (Å²) in [4.78, 5) is 60.8. The summed E-state index contributed by atoms with van der Waals surface area (Å²) in [5.74, 6) is 1.20. The fraction of sp³-hybridized carbons (Fsp3) is 0.425. The Hall–Kier alpha value is -5.27. The van der Waals surface area contributed by atoms with E-state index in [1.54, 1.807) is 11.0 Å². The summed E-state index contributed by atoms with van der Waals surface area (Å²) in [6, 6.07) is 19.0. The van der Waals surface area contributed by atoms with E-state index in [-0.39, 0.29) is 17.9 Å². The maximum atomic E-state index is 13.0. The van der Waals surface area contributed by atoms with Crippen LogP contribution < -0.4 is 10.6 Å². The highest BCUT2D eigenvalue weighted by Gasteiger charge is 2.26. The van der Waals surface area contributed by atoms with Gasteiger partial charge in [-0.05, 0) is 83.1 Å². The Morgan fingerprint density at radius 1 is 0.660 bits per heavy atom. The van der Waals surface area contributed by atoms with Crippen LogP contribution in [0.4, 0.5) is 4.79 Å². The van der Waals surface area contributed by atoms with E-state index < -0.39 is 5.60 Å². The molecule has 3 aromatic carbocycles. The van der Waals surface area contributed by atoms with Gasteiger partial charge < -0.3 is 35.1 Å².